The van der Waals surface area contributed by atoms with Crippen LogP contribution in [0.5, 0.6) is 0 Å². The lowest BCUT2D eigenvalue weighted by atomic mass is 9.94. The van der Waals surface area contributed by atoms with Crippen molar-refractivity contribution in [3.8, 4) is 11.3 Å². The molecule has 0 spiro atoms. The van der Waals surface area contributed by atoms with Gasteiger partial charge in [-0.05, 0) is 78.6 Å². The second-order valence-electron chi connectivity index (χ2n) is 10.4. The van der Waals surface area contributed by atoms with Crippen molar-refractivity contribution in [1.82, 2.24) is 9.55 Å². The highest BCUT2D eigenvalue weighted by Gasteiger charge is 2.24. The maximum Gasteiger partial charge on any atom is 0.296 e. The number of benzene rings is 2. The Morgan fingerprint density at radius 3 is 2.24 bits per heavy atom. The van der Waals surface area contributed by atoms with E-state index in [1.54, 1.807) is 0 Å². The van der Waals surface area contributed by atoms with Gasteiger partial charge in [0.1, 0.15) is 11.7 Å². The Morgan fingerprint density at radius 1 is 0.909 bits per heavy atom. The highest BCUT2D eigenvalue weighted by Crippen LogP contribution is 2.31. The molecule has 0 fully saturated rings. The van der Waals surface area contributed by atoms with Crippen LogP contribution in [0.15, 0.2) is 60.9 Å². The molecular weight excluding hydrogens is 402 g/mol. The van der Waals surface area contributed by atoms with Crippen molar-refractivity contribution in [2.45, 2.75) is 47.5 Å². The van der Waals surface area contributed by atoms with Gasteiger partial charge in [-0.2, -0.15) is 4.40 Å². The van der Waals surface area contributed by atoms with E-state index in [2.05, 4.69) is 105 Å². The summed E-state index contributed by atoms with van der Waals surface area (Å²) in [5.41, 5.74) is 10.1. The molecule has 0 atom stereocenters. The average molecular weight is 437 g/mol. The van der Waals surface area contributed by atoms with Crippen LogP contribution in [0, 0.1) is 18.8 Å². The quantitative estimate of drug-likeness (QED) is 0.218. The molecule has 0 saturated heterocycles. The van der Waals surface area contributed by atoms with Crippen LogP contribution < -0.4 is 4.40 Å². The van der Waals surface area contributed by atoms with Crippen LogP contribution in [0.1, 0.15) is 44.4 Å². The van der Waals surface area contributed by atoms with Gasteiger partial charge < -0.3 is 0 Å². The number of fused-ring (bicyclic) bond motifs is 6. The molecule has 0 amide bonds. The summed E-state index contributed by atoms with van der Waals surface area (Å²) < 4.78 is 4.72. The smallest absolute Gasteiger partial charge is 0.255 e. The number of aryl methyl sites for hydroxylation is 2. The molecule has 0 bridgehead atoms. The van der Waals surface area contributed by atoms with Gasteiger partial charge in [0, 0.05) is 17.1 Å². The molecule has 0 N–H and O–H groups in total. The van der Waals surface area contributed by atoms with Crippen molar-refractivity contribution in [1.29, 1.82) is 0 Å². The fraction of sp³-hybridized carbons (Fsp3) is 0.333. The molecule has 0 aliphatic carbocycles. The number of hydrogen-bond donors (Lipinski definition) is 0. The number of aromatic nitrogens is 3. The summed E-state index contributed by atoms with van der Waals surface area (Å²) in [7, 11) is 2.20. The molecule has 3 heteroatoms. The lowest BCUT2D eigenvalue weighted by molar-refractivity contribution is -0.478. The normalized spacial score (nSPS) is 12.1. The molecule has 0 saturated carbocycles. The standard InChI is InChI=1S/C30H34N3/c1-19(2)13-22-15-23(14-20(3)4)17-24(16-22)27-18-33-26-10-8-7-9-25(26)29-28(30(33)32(27)6)21(5)11-12-31-29/h7-12,15-20H,13-14H2,1-6H3/q+1. The summed E-state index contributed by atoms with van der Waals surface area (Å²) in [6.07, 6.45) is 6.45. The number of para-hydroxylation sites is 1. The molecule has 0 aliphatic rings. The van der Waals surface area contributed by atoms with Crippen molar-refractivity contribution in [3.05, 3.63) is 77.6 Å². The molecule has 0 unspecified atom stereocenters. The molecule has 5 rings (SSSR count). The van der Waals surface area contributed by atoms with Crippen molar-refractivity contribution >= 4 is 27.5 Å². The Labute approximate surface area is 196 Å². The maximum atomic E-state index is 4.81. The molecule has 3 aromatic heterocycles. The van der Waals surface area contributed by atoms with E-state index < -0.39 is 0 Å². The SMILES string of the molecule is Cc1ccnc2c3ccccc3[n+]3cc(-c4cc(CC(C)C)cc(CC(C)C)c4)n(C)c3c12. The number of pyridine rings is 2. The average Bonchev–Trinajstić information content (AvgIpc) is 3.10. The molecule has 2 aromatic carbocycles. The maximum absolute atomic E-state index is 4.81. The van der Waals surface area contributed by atoms with Crippen LogP contribution in [-0.2, 0) is 19.9 Å². The zero-order valence-electron chi connectivity index (χ0n) is 20.7. The molecular formula is C30H34N3+. The minimum Gasteiger partial charge on any atom is -0.255 e. The Balaban J connectivity index is 1.84. The van der Waals surface area contributed by atoms with Crippen LogP contribution >= 0.6 is 0 Å². The number of nitrogens with zero attached hydrogens (tertiary/aromatic N) is 3. The molecule has 168 valence electrons. The van der Waals surface area contributed by atoms with Crippen LogP contribution in [-0.4, -0.2) is 9.55 Å². The van der Waals surface area contributed by atoms with E-state index in [9.17, 15) is 0 Å². The molecule has 0 radical (unpaired) electrons. The first-order chi connectivity index (χ1) is 15.8. The second kappa shape index (κ2) is 8.30. The summed E-state index contributed by atoms with van der Waals surface area (Å²) in [5.74, 6) is 1.27. The van der Waals surface area contributed by atoms with Crippen LogP contribution in [0.25, 0.3) is 38.7 Å². The fourth-order valence-corrected chi connectivity index (χ4v) is 5.30. The van der Waals surface area contributed by atoms with Gasteiger partial charge >= 0.3 is 0 Å². The van der Waals surface area contributed by atoms with Crippen molar-refractivity contribution in [3.63, 3.8) is 0 Å². The predicted octanol–water partition coefficient (Wildman–Crippen LogP) is 6.84. The van der Waals surface area contributed by atoms with Gasteiger partial charge in [-0.1, -0.05) is 45.9 Å². The van der Waals surface area contributed by atoms with E-state index in [-0.39, 0.29) is 0 Å². The third-order valence-electron chi connectivity index (χ3n) is 6.60. The first-order valence-electron chi connectivity index (χ1n) is 12.1. The van der Waals surface area contributed by atoms with Crippen LogP contribution in [0.4, 0.5) is 0 Å². The first kappa shape index (κ1) is 21.6. The Hall–Kier alpha value is -3.20. The van der Waals surface area contributed by atoms with Gasteiger partial charge in [-0.3, -0.25) is 4.98 Å². The van der Waals surface area contributed by atoms with E-state index >= 15 is 0 Å². The molecule has 3 heterocycles. The Kier molecular flexibility index (Phi) is 5.44. The predicted molar refractivity (Wildman–Crippen MR) is 139 cm³/mol. The molecule has 3 nitrogen and oxygen atoms in total. The van der Waals surface area contributed by atoms with Gasteiger partial charge in [0.05, 0.1) is 18.0 Å². The molecule has 33 heavy (non-hydrogen) atoms. The fourth-order valence-electron chi connectivity index (χ4n) is 5.30. The van der Waals surface area contributed by atoms with Gasteiger partial charge in [0.2, 0.25) is 0 Å². The zero-order valence-corrected chi connectivity index (χ0v) is 20.7. The third-order valence-corrected chi connectivity index (χ3v) is 6.60. The van der Waals surface area contributed by atoms with E-state index in [4.69, 9.17) is 4.98 Å². The van der Waals surface area contributed by atoms with Crippen LogP contribution in [0.2, 0.25) is 0 Å². The molecule has 0 aliphatic heterocycles. The summed E-state index contributed by atoms with van der Waals surface area (Å²) >= 11 is 0. The van der Waals surface area contributed by atoms with E-state index in [1.165, 1.54) is 49.9 Å². The lowest BCUT2D eigenvalue weighted by Crippen LogP contribution is -2.21. The second-order valence-corrected chi connectivity index (χ2v) is 10.4. The summed E-state index contributed by atoms with van der Waals surface area (Å²) in [4.78, 5) is 4.81. The monoisotopic (exact) mass is 436 g/mol. The van der Waals surface area contributed by atoms with Crippen molar-refractivity contribution in [2.24, 2.45) is 18.9 Å². The first-order valence-corrected chi connectivity index (χ1v) is 12.1. The Morgan fingerprint density at radius 2 is 1.58 bits per heavy atom. The van der Waals surface area contributed by atoms with Gasteiger partial charge in [0.25, 0.3) is 5.65 Å². The topological polar surface area (TPSA) is 21.9 Å². The number of rotatable bonds is 5. The minimum atomic E-state index is 0.635. The summed E-state index contributed by atoms with van der Waals surface area (Å²) in [6.45, 7) is 11.4. The van der Waals surface area contributed by atoms with Crippen molar-refractivity contribution < 1.29 is 4.40 Å². The van der Waals surface area contributed by atoms with E-state index in [0.717, 1.165) is 18.4 Å². The van der Waals surface area contributed by atoms with Crippen molar-refractivity contribution in [2.75, 3.05) is 0 Å². The van der Waals surface area contributed by atoms with E-state index in [1.807, 2.05) is 6.20 Å². The van der Waals surface area contributed by atoms with E-state index in [0.29, 0.717) is 11.8 Å². The number of hydrogen-bond acceptors (Lipinski definition) is 1. The zero-order chi connectivity index (χ0) is 23.3. The van der Waals surface area contributed by atoms with Gasteiger partial charge in [-0.15, -0.1) is 0 Å². The van der Waals surface area contributed by atoms with Gasteiger partial charge in [-0.25, -0.2) is 4.57 Å². The summed E-state index contributed by atoms with van der Waals surface area (Å²) in [6, 6.07) is 17.9. The third kappa shape index (κ3) is 3.80. The van der Waals surface area contributed by atoms with Crippen LogP contribution in [0.3, 0.4) is 0 Å². The highest BCUT2D eigenvalue weighted by molar-refractivity contribution is 6.08. The van der Waals surface area contributed by atoms with Gasteiger partial charge in [0.15, 0.2) is 5.69 Å². The highest BCUT2D eigenvalue weighted by atomic mass is 15.1. The largest absolute Gasteiger partial charge is 0.296 e. The summed E-state index contributed by atoms with van der Waals surface area (Å²) in [5, 5.41) is 2.42. The lowest BCUT2D eigenvalue weighted by Gasteiger charge is -2.12. The molecule has 5 aromatic rings. The number of imidazole rings is 1. The Bertz CT molecular complexity index is 1460. The minimum absolute atomic E-state index is 0.635.